The number of urea groups is 1. The van der Waals surface area contributed by atoms with Gasteiger partial charge in [-0.3, -0.25) is 14.9 Å². The van der Waals surface area contributed by atoms with Crippen LogP contribution in [0.3, 0.4) is 0 Å². The molecule has 10 heteroatoms. The van der Waals surface area contributed by atoms with Crippen LogP contribution in [0, 0.1) is 0 Å². The number of carbonyl (C=O) groups is 3. The molecule has 0 unspecified atom stereocenters. The Morgan fingerprint density at radius 1 is 1.38 bits per heavy atom. The van der Waals surface area contributed by atoms with Crippen molar-refractivity contribution < 1.29 is 19.5 Å². The molecular weight excluding hydrogens is 412 g/mol. The Hall–Kier alpha value is -1.65. The average Bonchev–Trinajstić information content (AvgIpc) is 2.90. The number of rotatable bonds is 4. The smallest absolute Gasteiger partial charge is 0.326 e. The van der Waals surface area contributed by atoms with Crippen molar-refractivity contribution in [3.8, 4) is 0 Å². The fourth-order valence-electron chi connectivity index (χ4n) is 1.57. The van der Waals surface area contributed by atoms with Gasteiger partial charge < -0.3 is 20.7 Å². The van der Waals surface area contributed by atoms with Gasteiger partial charge in [0.05, 0.1) is 15.2 Å². The second kappa shape index (κ2) is 6.41. The van der Waals surface area contributed by atoms with E-state index >= 15 is 0 Å². The summed E-state index contributed by atoms with van der Waals surface area (Å²) < 4.78 is 1.32. The highest BCUT2D eigenvalue weighted by atomic mass is 79.9. The second-order valence-electron chi connectivity index (χ2n) is 4.11. The summed E-state index contributed by atoms with van der Waals surface area (Å²) in [7, 11) is 0. The number of aliphatic hydroxyl groups is 1. The van der Waals surface area contributed by atoms with E-state index in [-0.39, 0.29) is 12.2 Å². The molecule has 0 aromatic carbocycles. The molecule has 112 valence electrons. The molecule has 1 aromatic heterocycles. The molecule has 0 radical (unpaired) electrons. The molecule has 1 atom stereocenters. The van der Waals surface area contributed by atoms with Gasteiger partial charge in [0, 0.05) is 6.54 Å². The van der Waals surface area contributed by atoms with Gasteiger partial charge in [0.15, 0.2) is 0 Å². The molecule has 21 heavy (non-hydrogen) atoms. The van der Waals surface area contributed by atoms with Gasteiger partial charge in [0.25, 0.3) is 11.8 Å². The van der Waals surface area contributed by atoms with Crippen molar-refractivity contribution >= 4 is 49.7 Å². The first kappa shape index (κ1) is 15.7. The number of nitrogens with one attached hydrogen (secondary N) is 4. The normalized spacial score (nSPS) is 17.6. The van der Waals surface area contributed by atoms with Crippen molar-refractivity contribution in [3.05, 3.63) is 32.6 Å². The molecule has 1 saturated heterocycles. The summed E-state index contributed by atoms with van der Waals surface area (Å²) in [6.07, 6.45) is 0.0380. The third-order valence-electron chi connectivity index (χ3n) is 2.52. The van der Waals surface area contributed by atoms with Crippen LogP contribution in [0.2, 0.25) is 0 Å². The van der Waals surface area contributed by atoms with Crippen LogP contribution in [0.15, 0.2) is 26.9 Å². The lowest BCUT2D eigenvalue weighted by atomic mass is 10.2. The standard InChI is InChI=1S/C11H10Br2N4O4/c12-5-2-7(15-8(5)13)9(19)14-3-4(18)1-6-10(20)17-11(21)16-6/h1-2,4,15,18H,3H2,(H,14,19)(H2,16,17,20,21)/b6-1-/t4-/m1/s1. The lowest BCUT2D eigenvalue weighted by molar-refractivity contribution is -0.115. The Kier molecular flexibility index (Phi) is 4.80. The molecule has 1 fully saturated rings. The van der Waals surface area contributed by atoms with E-state index in [1.54, 1.807) is 6.07 Å². The molecule has 8 nitrogen and oxygen atoms in total. The number of hydrogen-bond donors (Lipinski definition) is 5. The summed E-state index contributed by atoms with van der Waals surface area (Å²) in [4.78, 5) is 36.7. The second-order valence-corrected chi connectivity index (χ2v) is 5.76. The minimum Gasteiger partial charge on any atom is -0.387 e. The molecule has 0 spiro atoms. The van der Waals surface area contributed by atoms with Crippen LogP contribution in [-0.2, 0) is 4.79 Å². The molecule has 5 N–H and O–H groups in total. The number of amides is 4. The number of carbonyl (C=O) groups excluding carboxylic acids is 3. The molecule has 1 aromatic rings. The van der Waals surface area contributed by atoms with Crippen LogP contribution in [0.4, 0.5) is 4.79 Å². The molecule has 0 saturated carbocycles. The van der Waals surface area contributed by atoms with Gasteiger partial charge in [-0.1, -0.05) is 0 Å². The summed E-state index contributed by atoms with van der Waals surface area (Å²) in [5.74, 6) is -1.04. The quantitative estimate of drug-likeness (QED) is 0.355. The number of aromatic nitrogens is 1. The van der Waals surface area contributed by atoms with E-state index in [4.69, 9.17) is 0 Å². The average molecular weight is 422 g/mol. The van der Waals surface area contributed by atoms with E-state index in [2.05, 4.69) is 47.5 Å². The van der Waals surface area contributed by atoms with Crippen LogP contribution < -0.4 is 16.0 Å². The van der Waals surface area contributed by atoms with Crippen LogP contribution in [0.1, 0.15) is 10.5 Å². The Morgan fingerprint density at radius 3 is 2.62 bits per heavy atom. The largest absolute Gasteiger partial charge is 0.387 e. The van der Waals surface area contributed by atoms with Gasteiger partial charge in [-0.2, -0.15) is 0 Å². The highest BCUT2D eigenvalue weighted by molar-refractivity contribution is 9.13. The Labute approximate surface area is 135 Å². The fraction of sp³-hybridized carbons (Fsp3) is 0.182. The summed E-state index contributed by atoms with van der Waals surface area (Å²) in [6, 6.07) is 0.929. The van der Waals surface area contributed by atoms with E-state index in [1.807, 2.05) is 5.32 Å². The predicted molar refractivity (Wildman–Crippen MR) is 79.3 cm³/mol. The highest BCUT2D eigenvalue weighted by Gasteiger charge is 2.23. The van der Waals surface area contributed by atoms with Crippen molar-refractivity contribution in [1.29, 1.82) is 0 Å². The predicted octanol–water partition coefficient (Wildman–Crippen LogP) is 0.354. The Balaban J connectivity index is 1.90. The number of halogens is 2. The SMILES string of the molecule is O=C1NC(=O)/C(=C/[C@@H](O)CNC(=O)c2cc(Br)c(Br)[nH]2)N1. The van der Waals surface area contributed by atoms with Crippen molar-refractivity contribution in [2.45, 2.75) is 6.10 Å². The third-order valence-corrected chi connectivity index (χ3v) is 4.30. The summed E-state index contributed by atoms with van der Waals surface area (Å²) in [5.41, 5.74) is 0.257. The maximum Gasteiger partial charge on any atom is 0.326 e. The maximum absolute atomic E-state index is 11.8. The molecule has 0 aliphatic carbocycles. The monoisotopic (exact) mass is 420 g/mol. The van der Waals surface area contributed by atoms with Crippen molar-refractivity contribution in [1.82, 2.24) is 20.9 Å². The van der Waals surface area contributed by atoms with Gasteiger partial charge in [-0.05, 0) is 44.0 Å². The summed E-state index contributed by atoms with van der Waals surface area (Å²) >= 11 is 6.44. The summed E-state index contributed by atoms with van der Waals surface area (Å²) in [6.45, 7) is -0.111. The van der Waals surface area contributed by atoms with Gasteiger partial charge in [0.1, 0.15) is 11.4 Å². The number of aromatic amines is 1. The summed E-state index contributed by atoms with van der Waals surface area (Å²) in [5, 5.41) is 16.4. The minimum absolute atomic E-state index is 0.0490. The maximum atomic E-state index is 11.8. The Bertz CT molecular complexity index is 621. The van der Waals surface area contributed by atoms with Crippen LogP contribution in [0.25, 0.3) is 0 Å². The lowest BCUT2D eigenvalue weighted by Gasteiger charge is -2.08. The number of H-pyrrole nitrogens is 1. The van der Waals surface area contributed by atoms with E-state index in [9.17, 15) is 19.5 Å². The number of hydrogen-bond acceptors (Lipinski definition) is 4. The van der Waals surface area contributed by atoms with Crippen LogP contribution in [0.5, 0.6) is 0 Å². The zero-order valence-corrected chi connectivity index (χ0v) is 13.5. The van der Waals surface area contributed by atoms with E-state index in [1.165, 1.54) is 0 Å². The highest BCUT2D eigenvalue weighted by Crippen LogP contribution is 2.22. The van der Waals surface area contributed by atoms with E-state index in [0.717, 1.165) is 6.08 Å². The van der Waals surface area contributed by atoms with Gasteiger partial charge in [-0.25, -0.2) is 4.79 Å². The first-order chi connectivity index (χ1) is 9.86. The van der Waals surface area contributed by atoms with Gasteiger partial charge in [0.2, 0.25) is 0 Å². The fourth-order valence-corrected chi connectivity index (χ4v) is 2.22. The van der Waals surface area contributed by atoms with Crippen LogP contribution >= 0.6 is 31.9 Å². The number of imide groups is 1. The minimum atomic E-state index is -1.12. The molecule has 4 amide bonds. The zero-order chi connectivity index (χ0) is 15.6. The molecule has 1 aliphatic heterocycles. The van der Waals surface area contributed by atoms with E-state index < -0.39 is 23.9 Å². The van der Waals surface area contributed by atoms with Gasteiger partial charge in [-0.15, -0.1) is 0 Å². The molecule has 0 bridgehead atoms. The van der Waals surface area contributed by atoms with Crippen molar-refractivity contribution in [2.75, 3.05) is 6.54 Å². The number of aliphatic hydroxyl groups excluding tert-OH is 1. The molecule has 1 aliphatic rings. The first-order valence-corrected chi connectivity index (χ1v) is 7.30. The van der Waals surface area contributed by atoms with Gasteiger partial charge >= 0.3 is 6.03 Å². The lowest BCUT2D eigenvalue weighted by Crippen LogP contribution is -2.32. The molecular formula is C11H10Br2N4O4. The van der Waals surface area contributed by atoms with Crippen molar-refractivity contribution in [2.24, 2.45) is 0 Å². The zero-order valence-electron chi connectivity index (χ0n) is 10.4. The van der Waals surface area contributed by atoms with Crippen molar-refractivity contribution in [3.63, 3.8) is 0 Å². The van der Waals surface area contributed by atoms with Crippen LogP contribution in [-0.4, -0.2) is 40.6 Å². The first-order valence-electron chi connectivity index (χ1n) is 5.71. The third kappa shape index (κ3) is 3.93. The molecule has 2 rings (SSSR count). The molecule has 2 heterocycles. The Morgan fingerprint density at radius 2 is 2.10 bits per heavy atom. The topological polar surface area (TPSA) is 123 Å². The van der Waals surface area contributed by atoms with E-state index in [0.29, 0.717) is 14.8 Å².